The molecule has 4 aromatic rings. The number of carbonyl (C=O) groups is 2. The molecule has 0 saturated carbocycles. The number of nitrogens with one attached hydrogen (secondary N) is 3. The number of halogens is 2. The van der Waals surface area contributed by atoms with Crippen molar-refractivity contribution in [2.24, 2.45) is 5.92 Å². The van der Waals surface area contributed by atoms with Crippen LogP contribution in [0.15, 0.2) is 54.9 Å². The van der Waals surface area contributed by atoms with Gasteiger partial charge in [0.15, 0.2) is 0 Å². The van der Waals surface area contributed by atoms with Gasteiger partial charge >= 0.3 is 0 Å². The van der Waals surface area contributed by atoms with E-state index in [1.165, 1.54) is 17.1 Å². The topological polar surface area (TPSA) is 130 Å². The predicted molar refractivity (Wildman–Crippen MR) is 149 cm³/mol. The lowest BCUT2D eigenvalue weighted by atomic mass is 9.98. The van der Waals surface area contributed by atoms with Gasteiger partial charge in [0.1, 0.15) is 23.0 Å². The Bertz CT molecular complexity index is 1520. The largest absolute Gasteiger partial charge is 0.343 e. The minimum atomic E-state index is -0.421. The Kier molecular flexibility index (Phi) is 8.04. The number of hydrogen-bond donors (Lipinski definition) is 3. The van der Waals surface area contributed by atoms with Crippen molar-refractivity contribution in [1.29, 1.82) is 0 Å². The Labute approximate surface area is 234 Å². The highest BCUT2D eigenvalue weighted by Crippen LogP contribution is 2.34. The van der Waals surface area contributed by atoms with E-state index >= 15 is 0 Å². The highest BCUT2D eigenvalue weighted by Gasteiger charge is 2.23. The van der Waals surface area contributed by atoms with Gasteiger partial charge in [-0.1, -0.05) is 61.2 Å². The first-order valence-corrected chi connectivity index (χ1v) is 13.3. The van der Waals surface area contributed by atoms with Gasteiger partial charge in [0.2, 0.25) is 11.8 Å². The molecule has 2 atom stereocenters. The molecule has 12 heteroatoms. The van der Waals surface area contributed by atoms with Crippen LogP contribution in [-0.2, 0) is 9.59 Å². The van der Waals surface area contributed by atoms with Gasteiger partial charge in [-0.05, 0) is 53.1 Å². The molecule has 2 aromatic carbocycles. The highest BCUT2D eigenvalue weighted by atomic mass is 35.5. The molecule has 5 rings (SSSR count). The van der Waals surface area contributed by atoms with E-state index < -0.39 is 6.04 Å². The number of rotatable bonds is 4. The van der Waals surface area contributed by atoms with Crippen molar-refractivity contribution in [2.75, 3.05) is 5.32 Å². The second kappa shape index (κ2) is 11.8. The summed E-state index contributed by atoms with van der Waals surface area (Å²) >= 11 is 12.8. The molecule has 2 bridgehead atoms. The number of para-hydroxylation sites is 1. The third-order valence-corrected chi connectivity index (χ3v) is 7.01. The molecule has 0 saturated heterocycles. The standard InChI is InChI=1S/C27H26Cl2N8O2/c1-16-5-4-8-21(27-33-25(26(29)34-27)19-6-2-3-7-20(19)31-24(39)13-16)32-23(38)12-9-17-14-18(28)10-11-22(17)37-15-30-35-36-37/h2-3,6-7,9-12,14-16,21H,4-5,8,13H2,1H3,(H,31,39)(H,32,38)(H,33,34)/b12-9+. The quantitative estimate of drug-likeness (QED) is 0.285. The molecule has 0 fully saturated rings. The van der Waals surface area contributed by atoms with Crippen LogP contribution in [0.2, 0.25) is 10.2 Å². The number of H-pyrrole nitrogens is 1. The summed E-state index contributed by atoms with van der Waals surface area (Å²) in [6, 6.07) is 12.2. The molecule has 3 N–H and O–H groups in total. The maximum absolute atomic E-state index is 13.1. The molecule has 2 unspecified atom stereocenters. The lowest BCUT2D eigenvalue weighted by Crippen LogP contribution is -2.28. The molecule has 2 amide bonds. The highest BCUT2D eigenvalue weighted by molar-refractivity contribution is 6.32. The minimum absolute atomic E-state index is 0.0573. The van der Waals surface area contributed by atoms with Gasteiger partial charge in [-0.25, -0.2) is 4.98 Å². The number of fused-ring (bicyclic) bond motifs is 4. The minimum Gasteiger partial charge on any atom is -0.343 e. The van der Waals surface area contributed by atoms with Gasteiger partial charge in [0.25, 0.3) is 0 Å². The smallest absolute Gasteiger partial charge is 0.244 e. The number of nitrogens with zero attached hydrogens (tertiary/aromatic N) is 5. The number of amides is 2. The van der Waals surface area contributed by atoms with E-state index in [1.54, 1.807) is 24.3 Å². The summed E-state index contributed by atoms with van der Waals surface area (Å²) in [7, 11) is 0. The van der Waals surface area contributed by atoms with Crippen molar-refractivity contribution < 1.29 is 9.59 Å². The number of aromatic nitrogens is 6. The molecule has 3 heterocycles. The van der Waals surface area contributed by atoms with Crippen LogP contribution in [0.25, 0.3) is 23.0 Å². The van der Waals surface area contributed by atoms with Crippen molar-refractivity contribution in [1.82, 2.24) is 35.5 Å². The Morgan fingerprint density at radius 1 is 1.18 bits per heavy atom. The Balaban J connectivity index is 1.42. The molecule has 1 aliphatic rings. The van der Waals surface area contributed by atoms with Crippen LogP contribution in [0.5, 0.6) is 0 Å². The van der Waals surface area contributed by atoms with E-state index in [0.29, 0.717) is 57.0 Å². The SMILES string of the molecule is CC1CCCC(NC(=O)/C=C/c2cc(Cl)ccc2-n2cnnn2)c2nc(c(Cl)[nH]2)-c2ccccc2NC(=O)C1. The molecular formula is C27H26Cl2N8O2. The summed E-state index contributed by atoms with van der Waals surface area (Å²) in [5.41, 5.74) is 3.19. The van der Waals surface area contributed by atoms with Gasteiger partial charge in [-0.15, -0.1) is 5.10 Å². The number of anilines is 1. The Morgan fingerprint density at radius 2 is 2.03 bits per heavy atom. The molecule has 1 aliphatic heterocycles. The van der Waals surface area contributed by atoms with Crippen LogP contribution in [0.1, 0.15) is 50.0 Å². The van der Waals surface area contributed by atoms with Crippen molar-refractivity contribution in [2.45, 2.75) is 38.6 Å². The van der Waals surface area contributed by atoms with Crippen LogP contribution in [0.4, 0.5) is 5.69 Å². The second-order valence-electron chi connectivity index (χ2n) is 9.47. The molecule has 10 nitrogen and oxygen atoms in total. The number of benzene rings is 2. The zero-order valence-corrected chi connectivity index (χ0v) is 22.6. The first-order valence-electron chi connectivity index (χ1n) is 12.5. The van der Waals surface area contributed by atoms with Crippen LogP contribution >= 0.6 is 23.2 Å². The van der Waals surface area contributed by atoms with Crippen LogP contribution in [0.3, 0.4) is 0 Å². The fraction of sp³-hybridized carbons (Fsp3) is 0.259. The summed E-state index contributed by atoms with van der Waals surface area (Å²) in [6.45, 7) is 2.05. The number of aromatic amines is 1. The molecule has 0 aliphatic carbocycles. The number of tetrazole rings is 1. The van der Waals surface area contributed by atoms with Gasteiger partial charge in [0.05, 0.1) is 17.4 Å². The number of imidazole rings is 1. The number of hydrogen-bond acceptors (Lipinski definition) is 6. The fourth-order valence-electron chi connectivity index (χ4n) is 4.60. The van der Waals surface area contributed by atoms with Gasteiger partial charge < -0.3 is 15.6 Å². The monoisotopic (exact) mass is 564 g/mol. The van der Waals surface area contributed by atoms with Gasteiger partial charge in [0, 0.05) is 28.6 Å². The second-order valence-corrected chi connectivity index (χ2v) is 10.3. The molecule has 200 valence electrons. The average Bonchev–Trinajstić information content (AvgIpc) is 3.57. The summed E-state index contributed by atoms with van der Waals surface area (Å²) in [6.07, 6.45) is 7.17. The normalized spacial score (nSPS) is 18.0. The van der Waals surface area contributed by atoms with E-state index in [0.717, 1.165) is 12.8 Å². The van der Waals surface area contributed by atoms with Crippen molar-refractivity contribution in [3.05, 3.63) is 76.4 Å². The Hall–Kier alpha value is -4.02. The molecule has 2 aromatic heterocycles. The van der Waals surface area contributed by atoms with Crippen LogP contribution in [0, 0.1) is 5.92 Å². The van der Waals surface area contributed by atoms with E-state index in [4.69, 9.17) is 28.2 Å². The zero-order chi connectivity index (χ0) is 27.4. The third-order valence-electron chi connectivity index (χ3n) is 6.50. The fourth-order valence-corrected chi connectivity index (χ4v) is 5.02. The molecule has 0 spiro atoms. The summed E-state index contributed by atoms with van der Waals surface area (Å²) < 4.78 is 1.49. The zero-order valence-electron chi connectivity index (χ0n) is 21.1. The van der Waals surface area contributed by atoms with Gasteiger partial charge in [-0.3, -0.25) is 9.59 Å². The van der Waals surface area contributed by atoms with E-state index in [-0.39, 0.29) is 17.7 Å². The van der Waals surface area contributed by atoms with E-state index in [1.807, 2.05) is 24.3 Å². The average molecular weight is 565 g/mol. The molecule has 39 heavy (non-hydrogen) atoms. The maximum Gasteiger partial charge on any atom is 0.244 e. The summed E-state index contributed by atoms with van der Waals surface area (Å²) in [5, 5.41) is 18.2. The van der Waals surface area contributed by atoms with Crippen molar-refractivity contribution >= 4 is 46.8 Å². The van der Waals surface area contributed by atoms with Crippen molar-refractivity contribution in [3.8, 4) is 16.9 Å². The first kappa shape index (κ1) is 26.6. The third kappa shape index (κ3) is 6.35. The lowest BCUT2D eigenvalue weighted by molar-refractivity contribution is -0.117. The van der Waals surface area contributed by atoms with Crippen molar-refractivity contribution in [3.63, 3.8) is 0 Å². The van der Waals surface area contributed by atoms with Crippen LogP contribution in [-0.4, -0.2) is 42.0 Å². The first-order chi connectivity index (χ1) is 18.9. The van der Waals surface area contributed by atoms with E-state index in [9.17, 15) is 9.59 Å². The predicted octanol–water partition coefficient (Wildman–Crippen LogP) is 5.38. The summed E-state index contributed by atoms with van der Waals surface area (Å²) in [4.78, 5) is 33.7. The molecule has 0 radical (unpaired) electrons. The lowest BCUT2D eigenvalue weighted by Gasteiger charge is -2.17. The molecular weight excluding hydrogens is 539 g/mol. The maximum atomic E-state index is 13.1. The summed E-state index contributed by atoms with van der Waals surface area (Å²) in [5.74, 6) is 0.350. The Morgan fingerprint density at radius 3 is 2.85 bits per heavy atom. The number of carbonyl (C=O) groups excluding carboxylic acids is 2. The van der Waals surface area contributed by atoms with Gasteiger partial charge in [-0.2, -0.15) is 4.68 Å². The van der Waals surface area contributed by atoms with Crippen LogP contribution < -0.4 is 10.6 Å². The van der Waals surface area contributed by atoms with E-state index in [2.05, 4.69) is 38.1 Å².